The molecule has 2 aromatic carbocycles. The minimum absolute atomic E-state index is 0. The molecule has 0 saturated carbocycles. The molecular formula is C19H18Cl2N2O2. The van der Waals surface area contributed by atoms with Crippen molar-refractivity contribution < 1.29 is 9.47 Å². The average molecular weight is 377 g/mol. The predicted molar refractivity (Wildman–Crippen MR) is 103 cm³/mol. The topological polar surface area (TPSA) is 57.4 Å². The molecule has 0 saturated heterocycles. The number of anilines is 1. The quantitative estimate of drug-likeness (QED) is 0.670. The van der Waals surface area contributed by atoms with Gasteiger partial charge in [0, 0.05) is 11.2 Å². The molecule has 0 spiro atoms. The highest BCUT2D eigenvalue weighted by atomic mass is 35.5. The van der Waals surface area contributed by atoms with Gasteiger partial charge in [0.15, 0.2) is 11.5 Å². The molecule has 0 aliphatic carbocycles. The number of nitrogens with two attached hydrogens (primary N) is 1. The third kappa shape index (κ3) is 5.02. The highest BCUT2D eigenvalue weighted by Crippen LogP contribution is 2.33. The summed E-state index contributed by atoms with van der Waals surface area (Å²) >= 11 is 6.01. The van der Waals surface area contributed by atoms with Gasteiger partial charge in [0.25, 0.3) is 0 Å². The van der Waals surface area contributed by atoms with Gasteiger partial charge in [-0.05, 0) is 53.9 Å². The lowest BCUT2D eigenvalue weighted by Crippen LogP contribution is -1.95. The van der Waals surface area contributed by atoms with E-state index in [-0.39, 0.29) is 12.4 Å². The summed E-state index contributed by atoms with van der Waals surface area (Å²) in [5.41, 5.74) is 7.78. The Labute approximate surface area is 158 Å². The first-order valence-electron chi connectivity index (χ1n) is 7.45. The van der Waals surface area contributed by atoms with Crippen LogP contribution < -0.4 is 15.2 Å². The molecule has 6 heteroatoms. The Morgan fingerprint density at radius 3 is 2.48 bits per heavy atom. The molecule has 0 atom stereocenters. The van der Waals surface area contributed by atoms with E-state index in [1.54, 1.807) is 31.5 Å². The molecule has 0 unspecified atom stereocenters. The third-order valence-corrected chi connectivity index (χ3v) is 3.74. The fourth-order valence-electron chi connectivity index (χ4n) is 2.34. The fraction of sp³-hybridized carbons (Fsp3) is 0.105. The van der Waals surface area contributed by atoms with E-state index >= 15 is 0 Å². The lowest BCUT2D eigenvalue weighted by atomic mass is 10.1. The maximum atomic E-state index is 6.01. The molecule has 3 aromatic rings. The number of halogens is 2. The number of methoxy groups -OCH3 is 1. The zero-order valence-corrected chi connectivity index (χ0v) is 15.2. The lowest BCUT2D eigenvalue weighted by Gasteiger charge is -2.12. The van der Waals surface area contributed by atoms with Crippen LogP contribution in [0.5, 0.6) is 17.2 Å². The van der Waals surface area contributed by atoms with Crippen LogP contribution in [-0.4, -0.2) is 12.1 Å². The molecule has 130 valence electrons. The zero-order valence-electron chi connectivity index (χ0n) is 13.6. The van der Waals surface area contributed by atoms with E-state index in [1.807, 2.05) is 36.4 Å². The Hall–Kier alpha value is -2.43. The highest BCUT2D eigenvalue weighted by molar-refractivity contribution is 6.30. The molecule has 3 rings (SSSR count). The van der Waals surface area contributed by atoms with Crippen molar-refractivity contribution >= 4 is 29.8 Å². The van der Waals surface area contributed by atoms with Crippen molar-refractivity contribution in [3.8, 4) is 17.2 Å². The standard InChI is InChI=1S/C19H17ClN2O2.ClH/c1-23-17-7-5-13(9-14-6-8-19(21)22-12-14)10-18(17)24-16-4-2-3-15(20)11-16;/h2-8,10-12H,9H2,1H3,(H2,21,22);1H. The Morgan fingerprint density at radius 2 is 1.80 bits per heavy atom. The Kier molecular flexibility index (Phi) is 6.51. The second-order valence-electron chi connectivity index (χ2n) is 5.31. The van der Waals surface area contributed by atoms with Crippen LogP contribution in [0.2, 0.25) is 5.02 Å². The number of hydrogen-bond acceptors (Lipinski definition) is 4. The van der Waals surface area contributed by atoms with Crippen molar-refractivity contribution in [3.63, 3.8) is 0 Å². The molecule has 0 amide bonds. The summed E-state index contributed by atoms with van der Waals surface area (Å²) in [6.07, 6.45) is 2.50. The summed E-state index contributed by atoms with van der Waals surface area (Å²) in [5.74, 6) is 2.47. The lowest BCUT2D eigenvalue weighted by molar-refractivity contribution is 0.378. The van der Waals surface area contributed by atoms with Gasteiger partial charge in [0.2, 0.25) is 0 Å². The van der Waals surface area contributed by atoms with Gasteiger partial charge in [-0.3, -0.25) is 0 Å². The van der Waals surface area contributed by atoms with Gasteiger partial charge < -0.3 is 15.2 Å². The van der Waals surface area contributed by atoms with Crippen molar-refractivity contribution in [3.05, 3.63) is 76.9 Å². The summed E-state index contributed by atoms with van der Waals surface area (Å²) in [5, 5.41) is 0.621. The molecule has 4 nitrogen and oxygen atoms in total. The molecule has 0 radical (unpaired) electrons. The third-order valence-electron chi connectivity index (χ3n) is 3.51. The van der Waals surface area contributed by atoms with Crippen molar-refractivity contribution in [2.75, 3.05) is 12.8 Å². The summed E-state index contributed by atoms with van der Waals surface area (Å²) in [7, 11) is 1.61. The van der Waals surface area contributed by atoms with Crippen LogP contribution >= 0.6 is 24.0 Å². The van der Waals surface area contributed by atoms with E-state index in [0.29, 0.717) is 28.1 Å². The van der Waals surface area contributed by atoms with E-state index in [0.717, 1.165) is 17.5 Å². The fourth-order valence-corrected chi connectivity index (χ4v) is 2.52. The SMILES string of the molecule is COc1ccc(Cc2ccc(N)nc2)cc1Oc1cccc(Cl)c1.Cl. The molecule has 1 aromatic heterocycles. The van der Waals surface area contributed by atoms with Gasteiger partial charge in [-0.1, -0.05) is 29.8 Å². The zero-order chi connectivity index (χ0) is 16.9. The molecule has 2 N–H and O–H groups in total. The average Bonchev–Trinajstić information content (AvgIpc) is 2.57. The maximum absolute atomic E-state index is 6.01. The smallest absolute Gasteiger partial charge is 0.169 e. The minimum Gasteiger partial charge on any atom is -0.493 e. The number of pyridine rings is 1. The van der Waals surface area contributed by atoms with Gasteiger partial charge in [-0.15, -0.1) is 12.4 Å². The van der Waals surface area contributed by atoms with Gasteiger partial charge >= 0.3 is 0 Å². The van der Waals surface area contributed by atoms with Crippen molar-refractivity contribution in [2.45, 2.75) is 6.42 Å². The van der Waals surface area contributed by atoms with Crippen molar-refractivity contribution in [1.29, 1.82) is 0 Å². The number of hydrogen-bond donors (Lipinski definition) is 1. The van der Waals surface area contributed by atoms with Gasteiger partial charge in [0.1, 0.15) is 11.6 Å². The first-order chi connectivity index (χ1) is 11.6. The highest BCUT2D eigenvalue weighted by Gasteiger charge is 2.08. The second-order valence-corrected chi connectivity index (χ2v) is 5.75. The monoisotopic (exact) mass is 376 g/mol. The second kappa shape index (κ2) is 8.60. The molecule has 1 heterocycles. The van der Waals surface area contributed by atoms with Gasteiger partial charge in [-0.2, -0.15) is 0 Å². The van der Waals surface area contributed by atoms with Crippen LogP contribution in [-0.2, 0) is 6.42 Å². The predicted octanol–water partition coefficient (Wildman–Crippen LogP) is 5.13. The Bertz CT molecular complexity index is 839. The van der Waals surface area contributed by atoms with Crippen LogP contribution in [0, 0.1) is 0 Å². The van der Waals surface area contributed by atoms with Crippen LogP contribution in [0.1, 0.15) is 11.1 Å². The van der Waals surface area contributed by atoms with Gasteiger partial charge in [0.05, 0.1) is 7.11 Å². The van der Waals surface area contributed by atoms with E-state index in [2.05, 4.69) is 4.98 Å². The van der Waals surface area contributed by atoms with Gasteiger partial charge in [-0.25, -0.2) is 4.98 Å². The number of nitrogen functional groups attached to an aromatic ring is 1. The van der Waals surface area contributed by atoms with Crippen LogP contribution in [0.4, 0.5) is 5.82 Å². The van der Waals surface area contributed by atoms with Crippen LogP contribution in [0.25, 0.3) is 0 Å². The van der Waals surface area contributed by atoms with Crippen LogP contribution in [0.3, 0.4) is 0 Å². The summed E-state index contributed by atoms with van der Waals surface area (Å²) in [4.78, 5) is 4.12. The Balaban J connectivity index is 0.00000225. The first kappa shape index (κ1) is 18.9. The van der Waals surface area contributed by atoms with Crippen LogP contribution in [0.15, 0.2) is 60.8 Å². The van der Waals surface area contributed by atoms with E-state index in [9.17, 15) is 0 Å². The largest absolute Gasteiger partial charge is 0.493 e. The first-order valence-corrected chi connectivity index (χ1v) is 7.82. The number of ether oxygens (including phenoxy) is 2. The van der Waals surface area contributed by atoms with Crippen molar-refractivity contribution in [1.82, 2.24) is 4.98 Å². The van der Waals surface area contributed by atoms with E-state index in [1.165, 1.54) is 0 Å². The summed E-state index contributed by atoms with van der Waals surface area (Å²) < 4.78 is 11.3. The molecule has 0 aliphatic rings. The molecule has 25 heavy (non-hydrogen) atoms. The van der Waals surface area contributed by atoms with Crippen molar-refractivity contribution in [2.24, 2.45) is 0 Å². The number of rotatable bonds is 5. The maximum Gasteiger partial charge on any atom is 0.169 e. The summed E-state index contributed by atoms with van der Waals surface area (Å²) in [6.45, 7) is 0. The number of aromatic nitrogens is 1. The Morgan fingerprint density at radius 1 is 1.00 bits per heavy atom. The molecule has 0 bridgehead atoms. The molecular weight excluding hydrogens is 359 g/mol. The summed E-state index contributed by atoms with van der Waals surface area (Å²) in [6, 6.07) is 16.9. The minimum atomic E-state index is 0. The number of nitrogens with zero attached hydrogens (tertiary/aromatic N) is 1. The molecule has 0 fully saturated rings. The number of benzene rings is 2. The normalized spacial score (nSPS) is 10.0. The molecule has 0 aliphatic heterocycles. The van der Waals surface area contributed by atoms with E-state index < -0.39 is 0 Å². The van der Waals surface area contributed by atoms with E-state index in [4.69, 9.17) is 26.8 Å².